The smallest absolute Gasteiger partial charge is 0.271 e. The van der Waals surface area contributed by atoms with Gasteiger partial charge in [0.1, 0.15) is 10.0 Å². The first kappa shape index (κ1) is 15.5. The lowest BCUT2D eigenvalue weighted by Gasteiger charge is -2.07. The maximum absolute atomic E-state index is 13.9. The molecule has 1 heterocycles. The Morgan fingerprint density at radius 1 is 1.33 bits per heavy atom. The van der Waals surface area contributed by atoms with Crippen LogP contribution in [0.25, 0.3) is 0 Å². The minimum Gasteiger partial charge on any atom is -0.320 e. The standard InChI is InChI=1S/C14H13FN2O2S2/c1-10-4-7-14(20-10)21(18,19)17-13-6-5-11(3-2-8-16)9-12(13)15/h4-7,9,17H,8,16H2,1H3. The highest BCUT2D eigenvalue weighted by Gasteiger charge is 2.18. The fraction of sp³-hybridized carbons (Fsp3) is 0.143. The van der Waals surface area contributed by atoms with Crippen LogP contribution in [-0.4, -0.2) is 15.0 Å². The lowest BCUT2D eigenvalue weighted by molar-refractivity contribution is 0.600. The van der Waals surface area contributed by atoms with Crippen molar-refractivity contribution in [2.75, 3.05) is 11.3 Å². The molecule has 7 heteroatoms. The van der Waals surface area contributed by atoms with E-state index in [1.165, 1.54) is 24.3 Å². The number of nitrogens with one attached hydrogen (secondary N) is 1. The molecular weight excluding hydrogens is 311 g/mol. The molecule has 1 aromatic carbocycles. The summed E-state index contributed by atoms with van der Waals surface area (Å²) in [6.07, 6.45) is 0. The zero-order valence-electron chi connectivity index (χ0n) is 11.2. The number of thiophene rings is 1. The molecule has 0 bridgehead atoms. The van der Waals surface area contributed by atoms with Crippen molar-refractivity contribution in [1.29, 1.82) is 0 Å². The summed E-state index contributed by atoms with van der Waals surface area (Å²) >= 11 is 1.12. The molecule has 2 rings (SSSR count). The van der Waals surface area contributed by atoms with Gasteiger partial charge in [-0.2, -0.15) is 0 Å². The number of sulfonamides is 1. The van der Waals surface area contributed by atoms with Gasteiger partial charge in [0, 0.05) is 10.4 Å². The summed E-state index contributed by atoms with van der Waals surface area (Å²) < 4.78 is 40.5. The number of nitrogens with two attached hydrogens (primary N) is 1. The lowest BCUT2D eigenvalue weighted by Crippen LogP contribution is -2.12. The van der Waals surface area contributed by atoms with Crippen molar-refractivity contribution in [3.05, 3.63) is 46.6 Å². The molecule has 2 aromatic rings. The van der Waals surface area contributed by atoms with Crippen LogP contribution in [-0.2, 0) is 10.0 Å². The summed E-state index contributed by atoms with van der Waals surface area (Å²) in [4.78, 5) is 0.864. The van der Waals surface area contributed by atoms with Crippen LogP contribution in [0, 0.1) is 24.6 Å². The van der Waals surface area contributed by atoms with E-state index in [0.29, 0.717) is 5.56 Å². The maximum Gasteiger partial charge on any atom is 0.271 e. The molecule has 1 aromatic heterocycles. The van der Waals surface area contributed by atoms with Gasteiger partial charge in [0.25, 0.3) is 10.0 Å². The van der Waals surface area contributed by atoms with E-state index < -0.39 is 15.8 Å². The van der Waals surface area contributed by atoms with Crippen molar-refractivity contribution in [2.45, 2.75) is 11.1 Å². The molecule has 21 heavy (non-hydrogen) atoms. The second-order valence-corrected chi connectivity index (χ2v) is 7.37. The topological polar surface area (TPSA) is 72.2 Å². The Morgan fingerprint density at radius 2 is 2.10 bits per heavy atom. The Hall–Kier alpha value is -1.88. The third kappa shape index (κ3) is 3.82. The monoisotopic (exact) mass is 324 g/mol. The number of benzene rings is 1. The van der Waals surface area contributed by atoms with E-state index >= 15 is 0 Å². The van der Waals surface area contributed by atoms with Crippen molar-refractivity contribution in [2.24, 2.45) is 5.73 Å². The Morgan fingerprint density at radius 3 is 2.67 bits per heavy atom. The van der Waals surface area contributed by atoms with Gasteiger partial charge < -0.3 is 5.73 Å². The second-order valence-electron chi connectivity index (χ2n) is 4.17. The molecule has 0 aliphatic carbocycles. The average Bonchev–Trinajstić information content (AvgIpc) is 2.86. The predicted octanol–water partition coefficient (Wildman–Crippen LogP) is 2.31. The van der Waals surface area contributed by atoms with E-state index in [2.05, 4.69) is 16.6 Å². The number of rotatable bonds is 3. The van der Waals surface area contributed by atoms with Crippen LogP contribution in [0.4, 0.5) is 10.1 Å². The fourth-order valence-electron chi connectivity index (χ4n) is 1.58. The van der Waals surface area contributed by atoms with E-state index in [-0.39, 0.29) is 16.4 Å². The van der Waals surface area contributed by atoms with Gasteiger partial charge in [-0.1, -0.05) is 11.8 Å². The van der Waals surface area contributed by atoms with Gasteiger partial charge in [-0.25, -0.2) is 12.8 Å². The molecule has 0 saturated heterocycles. The number of halogens is 1. The first-order valence-electron chi connectivity index (χ1n) is 6.00. The van der Waals surface area contributed by atoms with Crippen LogP contribution in [0.5, 0.6) is 0 Å². The van der Waals surface area contributed by atoms with Gasteiger partial charge in [-0.05, 0) is 37.3 Å². The second kappa shape index (κ2) is 6.26. The third-order valence-electron chi connectivity index (χ3n) is 2.53. The minimum absolute atomic E-state index is 0.112. The summed E-state index contributed by atoms with van der Waals surface area (Å²) in [7, 11) is -3.77. The third-order valence-corrected chi connectivity index (χ3v) is 5.39. The van der Waals surface area contributed by atoms with Crippen LogP contribution in [0.2, 0.25) is 0 Å². The minimum atomic E-state index is -3.77. The van der Waals surface area contributed by atoms with E-state index in [0.717, 1.165) is 16.2 Å². The van der Waals surface area contributed by atoms with Crippen LogP contribution in [0.15, 0.2) is 34.5 Å². The maximum atomic E-state index is 13.9. The molecule has 3 N–H and O–H groups in total. The van der Waals surface area contributed by atoms with Crippen LogP contribution >= 0.6 is 11.3 Å². The normalized spacial score (nSPS) is 10.8. The van der Waals surface area contributed by atoms with Gasteiger partial charge in [0.15, 0.2) is 0 Å². The van der Waals surface area contributed by atoms with Crippen molar-refractivity contribution in [3.8, 4) is 11.8 Å². The Kier molecular flexibility index (Phi) is 4.63. The SMILES string of the molecule is Cc1ccc(S(=O)(=O)Nc2ccc(C#CCN)cc2F)s1. The Labute approximate surface area is 126 Å². The molecule has 0 unspecified atom stereocenters. The number of hydrogen-bond donors (Lipinski definition) is 2. The summed E-state index contributed by atoms with van der Waals surface area (Å²) in [5.74, 6) is 4.60. The van der Waals surface area contributed by atoms with Crippen molar-refractivity contribution in [1.82, 2.24) is 0 Å². The van der Waals surface area contributed by atoms with Crippen molar-refractivity contribution < 1.29 is 12.8 Å². The molecule has 0 fully saturated rings. The van der Waals surface area contributed by atoms with Crippen molar-refractivity contribution in [3.63, 3.8) is 0 Å². The summed E-state index contributed by atoms with van der Waals surface area (Å²) in [6.45, 7) is 1.98. The Balaban J connectivity index is 2.27. The fourth-order valence-corrected chi connectivity index (χ4v) is 3.93. The van der Waals surface area contributed by atoms with Crippen molar-refractivity contribution >= 4 is 27.0 Å². The van der Waals surface area contributed by atoms with Gasteiger partial charge in [-0.15, -0.1) is 11.3 Å². The first-order chi connectivity index (χ1) is 9.92. The number of anilines is 1. The molecule has 0 spiro atoms. The molecule has 0 amide bonds. The van der Waals surface area contributed by atoms with Crippen LogP contribution in [0.3, 0.4) is 0 Å². The highest BCUT2D eigenvalue weighted by molar-refractivity contribution is 7.94. The van der Waals surface area contributed by atoms with Gasteiger partial charge in [-0.3, -0.25) is 4.72 Å². The number of aryl methyl sites for hydroxylation is 1. The average molecular weight is 324 g/mol. The van der Waals surface area contributed by atoms with Gasteiger partial charge in [0.2, 0.25) is 0 Å². The van der Waals surface area contributed by atoms with Crippen LogP contribution < -0.4 is 10.5 Å². The van der Waals surface area contributed by atoms with E-state index in [4.69, 9.17) is 5.73 Å². The first-order valence-corrected chi connectivity index (χ1v) is 8.30. The lowest BCUT2D eigenvalue weighted by atomic mass is 10.2. The number of hydrogen-bond acceptors (Lipinski definition) is 4. The highest BCUT2D eigenvalue weighted by atomic mass is 32.2. The molecule has 0 atom stereocenters. The summed E-state index contributed by atoms with van der Waals surface area (Å²) in [6, 6.07) is 7.22. The Bertz CT molecular complexity index is 817. The highest BCUT2D eigenvalue weighted by Crippen LogP contribution is 2.24. The summed E-state index contributed by atoms with van der Waals surface area (Å²) in [5, 5.41) is 0. The zero-order valence-corrected chi connectivity index (χ0v) is 12.8. The molecule has 0 aliphatic rings. The predicted molar refractivity (Wildman–Crippen MR) is 82.2 cm³/mol. The summed E-state index contributed by atoms with van der Waals surface area (Å²) in [5.41, 5.74) is 5.56. The molecule has 0 saturated carbocycles. The van der Waals surface area contributed by atoms with E-state index in [1.807, 2.05) is 0 Å². The molecule has 0 radical (unpaired) electrons. The van der Waals surface area contributed by atoms with Gasteiger partial charge >= 0.3 is 0 Å². The molecule has 4 nitrogen and oxygen atoms in total. The quantitative estimate of drug-likeness (QED) is 0.851. The molecule has 0 aliphatic heterocycles. The van der Waals surface area contributed by atoms with Crippen LogP contribution in [0.1, 0.15) is 10.4 Å². The molecule has 110 valence electrons. The largest absolute Gasteiger partial charge is 0.320 e. The van der Waals surface area contributed by atoms with E-state index in [1.54, 1.807) is 13.0 Å². The van der Waals surface area contributed by atoms with Gasteiger partial charge in [0.05, 0.1) is 12.2 Å². The van der Waals surface area contributed by atoms with E-state index in [9.17, 15) is 12.8 Å². The molecular formula is C14H13FN2O2S2. The zero-order chi connectivity index (χ0) is 15.5.